The maximum atomic E-state index is 12.7. The molecule has 0 unspecified atom stereocenters. The van der Waals surface area contributed by atoms with Gasteiger partial charge in [-0.1, -0.05) is 11.6 Å². The first kappa shape index (κ1) is 18.1. The summed E-state index contributed by atoms with van der Waals surface area (Å²) >= 11 is 5.84. The zero-order valence-electron chi connectivity index (χ0n) is 15.1. The van der Waals surface area contributed by atoms with Crippen LogP contribution in [0.1, 0.15) is 37.8 Å². The molecule has 0 aliphatic carbocycles. The van der Waals surface area contributed by atoms with Crippen molar-refractivity contribution in [3.05, 3.63) is 87.5 Å². The van der Waals surface area contributed by atoms with E-state index in [1.165, 1.54) is 6.07 Å². The zero-order chi connectivity index (χ0) is 19.8. The van der Waals surface area contributed by atoms with E-state index < -0.39 is 5.97 Å². The number of rotatable bonds is 3. The first-order valence-electron chi connectivity index (χ1n) is 8.54. The molecule has 140 valence electrons. The molecule has 1 aliphatic heterocycles. The average molecular weight is 395 g/mol. The first-order valence-corrected chi connectivity index (χ1v) is 8.91. The maximum absolute atomic E-state index is 12.7. The molecule has 0 N–H and O–H groups in total. The van der Waals surface area contributed by atoms with Crippen LogP contribution in [0.25, 0.3) is 6.08 Å². The number of ketones is 1. The van der Waals surface area contributed by atoms with Crippen molar-refractivity contribution in [3.8, 4) is 11.5 Å². The van der Waals surface area contributed by atoms with Gasteiger partial charge >= 0.3 is 5.97 Å². The topological polar surface area (TPSA) is 65.7 Å². The standard InChI is InChI=1S/C22H15ClO5/c1-12-9-17(27-22(25)14-4-6-15(23)7-5-14)11-18-20(12)21(24)19(28-18)10-16-8-3-13(2)26-16/h3-11H,1-2H3/b19-10-. The number of fused-ring (bicyclic) bond motifs is 1. The van der Waals surface area contributed by atoms with E-state index in [1.54, 1.807) is 55.5 Å². The lowest BCUT2D eigenvalue weighted by atomic mass is 10.0. The molecule has 2 aromatic carbocycles. The Hall–Kier alpha value is -3.31. The number of carbonyl (C=O) groups is 2. The van der Waals surface area contributed by atoms with Crippen LogP contribution in [0.15, 0.2) is 58.7 Å². The van der Waals surface area contributed by atoms with Gasteiger partial charge in [0.05, 0.1) is 11.1 Å². The van der Waals surface area contributed by atoms with Crippen molar-refractivity contribution >= 4 is 29.4 Å². The third-order valence-electron chi connectivity index (χ3n) is 4.27. The predicted molar refractivity (Wildman–Crippen MR) is 104 cm³/mol. The van der Waals surface area contributed by atoms with Gasteiger partial charge in [-0.3, -0.25) is 4.79 Å². The summed E-state index contributed by atoms with van der Waals surface area (Å²) in [6.07, 6.45) is 1.55. The second-order valence-corrected chi connectivity index (χ2v) is 6.83. The summed E-state index contributed by atoms with van der Waals surface area (Å²) in [7, 11) is 0. The van der Waals surface area contributed by atoms with Gasteiger partial charge in [-0.15, -0.1) is 0 Å². The largest absolute Gasteiger partial charge is 0.462 e. The predicted octanol–water partition coefficient (Wildman–Crippen LogP) is 5.39. The van der Waals surface area contributed by atoms with E-state index >= 15 is 0 Å². The average Bonchev–Trinajstić information content (AvgIpc) is 3.19. The monoisotopic (exact) mass is 394 g/mol. The van der Waals surface area contributed by atoms with Gasteiger partial charge < -0.3 is 13.9 Å². The number of Topliss-reactive ketones (excluding diaryl/α,β-unsaturated/α-hetero) is 1. The van der Waals surface area contributed by atoms with Gasteiger partial charge in [0.2, 0.25) is 5.78 Å². The van der Waals surface area contributed by atoms with Crippen molar-refractivity contribution in [1.82, 2.24) is 0 Å². The number of aryl methyl sites for hydroxylation is 2. The molecule has 0 bridgehead atoms. The van der Waals surface area contributed by atoms with Crippen LogP contribution in [-0.4, -0.2) is 11.8 Å². The molecule has 28 heavy (non-hydrogen) atoms. The molecule has 5 nitrogen and oxygen atoms in total. The van der Waals surface area contributed by atoms with Gasteiger partial charge in [0.25, 0.3) is 0 Å². The molecule has 1 aliphatic rings. The molecule has 0 fully saturated rings. The number of hydrogen-bond acceptors (Lipinski definition) is 5. The normalized spacial score (nSPS) is 14.1. The Labute approximate surface area is 166 Å². The highest BCUT2D eigenvalue weighted by molar-refractivity contribution is 6.30. The van der Waals surface area contributed by atoms with Gasteiger partial charge in [0, 0.05) is 17.2 Å². The van der Waals surface area contributed by atoms with Crippen molar-refractivity contribution < 1.29 is 23.5 Å². The van der Waals surface area contributed by atoms with Crippen molar-refractivity contribution in [2.75, 3.05) is 0 Å². The number of carbonyl (C=O) groups excluding carboxylic acids is 2. The molecule has 0 saturated carbocycles. The van der Waals surface area contributed by atoms with Gasteiger partial charge in [0.15, 0.2) is 5.76 Å². The molecule has 2 heterocycles. The van der Waals surface area contributed by atoms with Crippen LogP contribution < -0.4 is 9.47 Å². The Morgan fingerprint density at radius 1 is 1.07 bits per heavy atom. The molecule has 0 amide bonds. The number of esters is 1. The van der Waals surface area contributed by atoms with Gasteiger partial charge in [-0.2, -0.15) is 0 Å². The molecule has 0 saturated heterocycles. The van der Waals surface area contributed by atoms with E-state index in [0.717, 1.165) is 5.76 Å². The van der Waals surface area contributed by atoms with Crippen LogP contribution in [0.4, 0.5) is 0 Å². The Bertz CT molecular complexity index is 1120. The number of halogens is 1. The fourth-order valence-corrected chi connectivity index (χ4v) is 3.07. The van der Waals surface area contributed by atoms with Crippen molar-refractivity contribution in [2.24, 2.45) is 0 Å². The lowest BCUT2D eigenvalue weighted by Gasteiger charge is -2.08. The lowest BCUT2D eigenvalue weighted by molar-refractivity contribution is 0.0734. The third-order valence-corrected chi connectivity index (χ3v) is 4.52. The van der Waals surface area contributed by atoms with Crippen LogP contribution in [0.2, 0.25) is 5.02 Å². The second-order valence-electron chi connectivity index (χ2n) is 6.40. The molecule has 0 spiro atoms. The molecule has 0 atom stereocenters. The van der Waals surface area contributed by atoms with E-state index in [0.29, 0.717) is 39.0 Å². The van der Waals surface area contributed by atoms with Crippen LogP contribution in [-0.2, 0) is 0 Å². The summed E-state index contributed by atoms with van der Waals surface area (Å²) in [6, 6.07) is 13.1. The number of benzene rings is 2. The molecule has 6 heteroatoms. The van der Waals surface area contributed by atoms with E-state index in [9.17, 15) is 9.59 Å². The summed E-state index contributed by atoms with van der Waals surface area (Å²) in [5.74, 6) is 1.30. The molecule has 3 aromatic rings. The third kappa shape index (κ3) is 3.44. The minimum Gasteiger partial charge on any atom is -0.462 e. The Balaban J connectivity index is 1.60. The highest BCUT2D eigenvalue weighted by Gasteiger charge is 2.30. The molecule has 4 rings (SSSR count). The van der Waals surface area contributed by atoms with E-state index in [-0.39, 0.29) is 11.5 Å². The lowest BCUT2D eigenvalue weighted by Crippen LogP contribution is -2.08. The minimum absolute atomic E-state index is 0.161. The number of allylic oxidation sites excluding steroid dienone is 1. The molecule has 0 radical (unpaired) electrons. The van der Waals surface area contributed by atoms with Crippen LogP contribution in [0, 0.1) is 13.8 Å². The van der Waals surface area contributed by atoms with E-state index in [1.807, 2.05) is 6.92 Å². The quantitative estimate of drug-likeness (QED) is 0.338. The van der Waals surface area contributed by atoms with Crippen LogP contribution >= 0.6 is 11.6 Å². The van der Waals surface area contributed by atoms with Crippen LogP contribution in [0.5, 0.6) is 11.5 Å². The summed E-state index contributed by atoms with van der Waals surface area (Å²) in [5.41, 5.74) is 1.47. The smallest absolute Gasteiger partial charge is 0.343 e. The highest BCUT2D eigenvalue weighted by atomic mass is 35.5. The van der Waals surface area contributed by atoms with E-state index in [2.05, 4.69) is 0 Å². The van der Waals surface area contributed by atoms with Gasteiger partial charge in [0.1, 0.15) is 23.0 Å². The SMILES string of the molecule is Cc1ccc(/C=C2\Oc3cc(OC(=O)c4ccc(Cl)cc4)cc(C)c3C2=O)o1. The Morgan fingerprint density at radius 2 is 1.82 bits per heavy atom. The second kappa shape index (κ2) is 7.02. The number of furan rings is 1. The van der Waals surface area contributed by atoms with Crippen molar-refractivity contribution in [1.29, 1.82) is 0 Å². The first-order chi connectivity index (χ1) is 13.4. The minimum atomic E-state index is -0.526. The summed E-state index contributed by atoms with van der Waals surface area (Å²) in [6.45, 7) is 3.58. The maximum Gasteiger partial charge on any atom is 0.343 e. The van der Waals surface area contributed by atoms with Gasteiger partial charge in [-0.25, -0.2) is 4.79 Å². The fourth-order valence-electron chi connectivity index (χ4n) is 2.95. The zero-order valence-corrected chi connectivity index (χ0v) is 15.9. The fraction of sp³-hybridized carbons (Fsp3) is 0.0909. The highest BCUT2D eigenvalue weighted by Crippen LogP contribution is 2.37. The Morgan fingerprint density at radius 3 is 2.50 bits per heavy atom. The molecular formula is C22H15ClO5. The summed E-state index contributed by atoms with van der Waals surface area (Å²) in [4.78, 5) is 25.0. The van der Waals surface area contributed by atoms with E-state index in [4.69, 9.17) is 25.5 Å². The Kier molecular flexibility index (Phi) is 4.53. The van der Waals surface area contributed by atoms with Crippen LogP contribution in [0.3, 0.4) is 0 Å². The summed E-state index contributed by atoms with van der Waals surface area (Å²) < 4.78 is 16.6. The number of ether oxygens (including phenoxy) is 2. The van der Waals surface area contributed by atoms with Crippen molar-refractivity contribution in [2.45, 2.75) is 13.8 Å². The molecular weight excluding hydrogens is 380 g/mol. The van der Waals surface area contributed by atoms with Gasteiger partial charge in [-0.05, 0) is 61.9 Å². The summed E-state index contributed by atoms with van der Waals surface area (Å²) in [5, 5.41) is 0.530. The number of hydrogen-bond donors (Lipinski definition) is 0. The van der Waals surface area contributed by atoms with Crippen molar-refractivity contribution in [3.63, 3.8) is 0 Å². The molecule has 1 aromatic heterocycles.